The standard InChI is InChI=1S/C15H23N3O3/c1-3-16-15(17-10-9-14(19)20-2)18-11-12-21-13-7-5-4-6-8-13/h4-8H,3,9-12H2,1-2H3,(H2,16,17,18). The number of benzene rings is 1. The molecule has 6 heteroatoms. The minimum atomic E-state index is -0.262. The highest BCUT2D eigenvalue weighted by Gasteiger charge is 2.00. The number of esters is 1. The molecule has 0 heterocycles. The van der Waals surface area contributed by atoms with Gasteiger partial charge >= 0.3 is 5.97 Å². The molecule has 0 unspecified atom stereocenters. The molecule has 0 saturated heterocycles. The van der Waals surface area contributed by atoms with Crippen LogP contribution in [0.5, 0.6) is 5.75 Å². The van der Waals surface area contributed by atoms with Crippen molar-refractivity contribution in [1.29, 1.82) is 0 Å². The summed E-state index contributed by atoms with van der Waals surface area (Å²) in [7, 11) is 1.37. The summed E-state index contributed by atoms with van der Waals surface area (Å²) in [5, 5.41) is 6.25. The first-order valence-electron chi connectivity index (χ1n) is 7.03. The largest absolute Gasteiger partial charge is 0.492 e. The van der Waals surface area contributed by atoms with E-state index in [1.165, 1.54) is 7.11 Å². The molecule has 2 N–H and O–H groups in total. The Morgan fingerprint density at radius 2 is 2.00 bits per heavy atom. The van der Waals surface area contributed by atoms with E-state index in [1.807, 2.05) is 37.3 Å². The van der Waals surface area contributed by atoms with Gasteiger partial charge in [0.2, 0.25) is 0 Å². The molecule has 0 radical (unpaired) electrons. The zero-order valence-electron chi connectivity index (χ0n) is 12.6. The smallest absolute Gasteiger partial charge is 0.307 e. The Labute approximate surface area is 125 Å². The molecule has 0 aromatic heterocycles. The number of aliphatic imine (C=N–C) groups is 1. The van der Waals surface area contributed by atoms with Crippen molar-refractivity contribution < 1.29 is 14.3 Å². The molecule has 0 fully saturated rings. The number of hydrogen-bond acceptors (Lipinski definition) is 4. The van der Waals surface area contributed by atoms with E-state index in [4.69, 9.17) is 4.74 Å². The van der Waals surface area contributed by atoms with Gasteiger partial charge in [-0.2, -0.15) is 0 Å². The Morgan fingerprint density at radius 3 is 2.67 bits per heavy atom. The maximum absolute atomic E-state index is 11.0. The van der Waals surface area contributed by atoms with Crippen molar-refractivity contribution in [2.24, 2.45) is 4.99 Å². The quantitative estimate of drug-likeness (QED) is 0.326. The SMILES string of the molecule is CCNC(=NCCC(=O)OC)NCCOc1ccccc1. The van der Waals surface area contributed by atoms with Crippen LogP contribution < -0.4 is 15.4 Å². The maximum Gasteiger partial charge on any atom is 0.307 e. The molecule has 6 nitrogen and oxygen atoms in total. The van der Waals surface area contributed by atoms with Gasteiger partial charge in [0, 0.05) is 6.54 Å². The van der Waals surface area contributed by atoms with Crippen molar-refractivity contribution >= 4 is 11.9 Å². The van der Waals surface area contributed by atoms with Gasteiger partial charge in [-0.3, -0.25) is 9.79 Å². The van der Waals surface area contributed by atoms with E-state index < -0.39 is 0 Å². The summed E-state index contributed by atoms with van der Waals surface area (Å²) in [4.78, 5) is 15.3. The molecule has 0 saturated carbocycles. The number of para-hydroxylation sites is 1. The molecule has 0 amide bonds. The average molecular weight is 293 g/mol. The third-order valence-corrected chi connectivity index (χ3v) is 2.56. The highest BCUT2D eigenvalue weighted by Crippen LogP contribution is 2.07. The van der Waals surface area contributed by atoms with Crippen LogP contribution in [0.25, 0.3) is 0 Å². The third kappa shape index (κ3) is 7.81. The van der Waals surface area contributed by atoms with E-state index >= 15 is 0 Å². The van der Waals surface area contributed by atoms with Crippen molar-refractivity contribution in [3.8, 4) is 5.75 Å². The predicted octanol–water partition coefficient (Wildman–Crippen LogP) is 1.18. The van der Waals surface area contributed by atoms with Gasteiger partial charge in [0.25, 0.3) is 0 Å². The summed E-state index contributed by atoms with van der Waals surface area (Å²) in [6, 6.07) is 9.63. The van der Waals surface area contributed by atoms with Crippen LogP contribution >= 0.6 is 0 Å². The second kappa shape index (κ2) is 10.5. The summed E-state index contributed by atoms with van der Waals surface area (Å²) in [6.07, 6.45) is 0.271. The first kappa shape index (κ1) is 16.8. The Hall–Kier alpha value is -2.24. The zero-order chi connectivity index (χ0) is 15.3. The van der Waals surface area contributed by atoms with E-state index in [9.17, 15) is 4.79 Å². The number of methoxy groups -OCH3 is 1. The van der Waals surface area contributed by atoms with Crippen LogP contribution in [0.3, 0.4) is 0 Å². The van der Waals surface area contributed by atoms with E-state index in [0.29, 0.717) is 25.7 Å². The Kier molecular flexibility index (Phi) is 8.44. The third-order valence-electron chi connectivity index (χ3n) is 2.56. The molecule has 116 valence electrons. The zero-order valence-corrected chi connectivity index (χ0v) is 12.6. The fraction of sp³-hybridized carbons (Fsp3) is 0.467. The molecule has 0 spiro atoms. The molecule has 0 atom stereocenters. The van der Waals surface area contributed by atoms with Crippen LogP contribution in [-0.2, 0) is 9.53 Å². The average Bonchev–Trinajstić information content (AvgIpc) is 2.52. The highest BCUT2D eigenvalue weighted by atomic mass is 16.5. The maximum atomic E-state index is 11.0. The molecule has 0 bridgehead atoms. The monoisotopic (exact) mass is 293 g/mol. The van der Waals surface area contributed by atoms with Crippen molar-refractivity contribution in [3.05, 3.63) is 30.3 Å². The van der Waals surface area contributed by atoms with Crippen LogP contribution in [0.1, 0.15) is 13.3 Å². The lowest BCUT2D eigenvalue weighted by molar-refractivity contribution is -0.140. The van der Waals surface area contributed by atoms with Crippen LogP contribution in [0.2, 0.25) is 0 Å². The fourth-order valence-electron chi connectivity index (χ4n) is 1.56. The second-order valence-electron chi connectivity index (χ2n) is 4.18. The first-order valence-corrected chi connectivity index (χ1v) is 7.03. The lowest BCUT2D eigenvalue weighted by atomic mass is 10.3. The van der Waals surface area contributed by atoms with Crippen molar-refractivity contribution in [2.75, 3.05) is 33.4 Å². The van der Waals surface area contributed by atoms with E-state index in [2.05, 4.69) is 20.4 Å². The van der Waals surface area contributed by atoms with E-state index in [1.54, 1.807) is 0 Å². The van der Waals surface area contributed by atoms with Crippen LogP contribution in [0.15, 0.2) is 35.3 Å². The first-order chi connectivity index (χ1) is 10.3. The minimum absolute atomic E-state index is 0.262. The Bertz CT molecular complexity index is 435. The predicted molar refractivity (Wildman–Crippen MR) is 82.6 cm³/mol. The van der Waals surface area contributed by atoms with Crippen LogP contribution in [0, 0.1) is 0 Å². The van der Waals surface area contributed by atoms with Gasteiger partial charge in [-0.15, -0.1) is 0 Å². The van der Waals surface area contributed by atoms with Crippen molar-refractivity contribution in [3.63, 3.8) is 0 Å². The lowest BCUT2D eigenvalue weighted by Crippen LogP contribution is -2.39. The molecule has 1 rings (SSSR count). The number of carbonyl (C=O) groups excluding carboxylic acids is 1. The van der Waals surface area contributed by atoms with Gasteiger partial charge in [0.05, 0.1) is 26.6 Å². The normalized spacial score (nSPS) is 10.9. The molecule has 0 aliphatic carbocycles. The number of nitrogens with zero attached hydrogens (tertiary/aromatic N) is 1. The number of rotatable bonds is 8. The number of nitrogens with one attached hydrogen (secondary N) is 2. The van der Waals surface area contributed by atoms with Gasteiger partial charge in [0.1, 0.15) is 12.4 Å². The van der Waals surface area contributed by atoms with E-state index in [0.717, 1.165) is 12.3 Å². The van der Waals surface area contributed by atoms with Crippen molar-refractivity contribution in [2.45, 2.75) is 13.3 Å². The molecular weight excluding hydrogens is 270 g/mol. The van der Waals surface area contributed by atoms with Gasteiger partial charge < -0.3 is 20.1 Å². The number of hydrogen-bond donors (Lipinski definition) is 2. The molecule has 0 aliphatic rings. The summed E-state index contributed by atoms with van der Waals surface area (Å²) in [6.45, 7) is 4.29. The number of guanidine groups is 1. The van der Waals surface area contributed by atoms with Gasteiger partial charge in [-0.1, -0.05) is 18.2 Å². The summed E-state index contributed by atoms with van der Waals surface area (Å²) < 4.78 is 10.1. The van der Waals surface area contributed by atoms with Crippen LogP contribution in [-0.4, -0.2) is 45.3 Å². The number of ether oxygens (including phenoxy) is 2. The topological polar surface area (TPSA) is 72.0 Å². The lowest BCUT2D eigenvalue weighted by Gasteiger charge is -2.12. The Balaban J connectivity index is 2.27. The molecular formula is C15H23N3O3. The fourth-order valence-corrected chi connectivity index (χ4v) is 1.56. The van der Waals surface area contributed by atoms with Crippen LogP contribution in [0.4, 0.5) is 0 Å². The van der Waals surface area contributed by atoms with Crippen molar-refractivity contribution in [1.82, 2.24) is 10.6 Å². The minimum Gasteiger partial charge on any atom is -0.492 e. The molecule has 1 aromatic rings. The van der Waals surface area contributed by atoms with E-state index in [-0.39, 0.29) is 12.4 Å². The highest BCUT2D eigenvalue weighted by molar-refractivity contribution is 5.80. The number of carbonyl (C=O) groups is 1. The molecule has 21 heavy (non-hydrogen) atoms. The van der Waals surface area contributed by atoms with Gasteiger partial charge in [0.15, 0.2) is 5.96 Å². The summed E-state index contributed by atoms with van der Waals surface area (Å²) in [5.74, 6) is 1.24. The Morgan fingerprint density at radius 1 is 1.24 bits per heavy atom. The summed E-state index contributed by atoms with van der Waals surface area (Å²) >= 11 is 0. The second-order valence-corrected chi connectivity index (χ2v) is 4.18. The summed E-state index contributed by atoms with van der Waals surface area (Å²) in [5.41, 5.74) is 0. The van der Waals surface area contributed by atoms with Gasteiger partial charge in [-0.25, -0.2) is 0 Å². The molecule has 1 aromatic carbocycles. The molecule has 0 aliphatic heterocycles. The van der Waals surface area contributed by atoms with Gasteiger partial charge in [-0.05, 0) is 19.1 Å².